The van der Waals surface area contributed by atoms with Crippen molar-refractivity contribution in [3.8, 4) is 12.1 Å². The van der Waals surface area contributed by atoms with E-state index in [1.54, 1.807) is 6.07 Å². The van der Waals surface area contributed by atoms with Gasteiger partial charge in [-0.1, -0.05) is 11.8 Å². The van der Waals surface area contributed by atoms with E-state index in [9.17, 15) is 9.90 Å². The number of carbonyl (C=O) groups is 1. The van der Waals surface area contributed by atoms with E-state index in [1.165, 1.54) is 0 Å². The zero-order chi connectivity index (χ0) is 12.1. The van der Waals surface area contributed by atoms with Crippen LogP contribution in [0.15, 0.2) is 11.1 Å². The standard InChI is InChI=1S/C9H6N4O2S/c10-1-2-16-8-5(4-11)3-6(9(14)15)7(12)13-8/h3H,2H2,(H2,12,13)(H,14,15)/p-1. The number of pyridine rings is 1. The fourth-order valence-electron chi connectivity index (χ4n) is 0.964. The van der Waals surface area contributed by atoms with Crippen LogP contribution in [-0.2, 0) is 0 Å². The molecule has 16 heavy (non-hydrogen) atoms. The van der Waals surface area contributed by atoms with E-state index in [4.69, 9.17) is 16.3 Å². The normalized spacial score (nSPS) is 9.12. The minimum atomic E-state index is -1.49. The molecule has 0 bridgehead atoms. The van der Waals surface area contributed by atoms with Crippen molar-refractivity contribution in [2.75, 3.05) is 11.5 Å². The van der Waals surface area contributed by atoms with Gasteiger partial charge in [-0.15, -0.1) is 0 Å². The zero-order valence-corrected chi connectivity index (χ0v) is 8.74. The van der Waals surface area contributed by atoms with E-state index in [1.807, 2.05) is 6.07 Å². The van der Waals surface area contributed by atoms with Gasteiger partial charge in [-0.3, -0.25) is 0 Å². The van der Waals surface area contributed by atoms with Crippen LogP contribution in [0, 0.1) is 22.7 Å². The second kappa shape index (κ2) is 5.01. The molecule has 0 spiro atoms. The molecule has 0 unspecified atom stereocenters. The van der Waals surface area contributed by atoms with Crippen molar-refractivity contribution < 1.29 is 9.90 Å². The number of nitriles is 2. The van der Waals surface area contributed by atoms with Gasteiger partial charge in [-0.05, 0) is 6.07 Å². The Morgan fingerprint density at radius 1 is 1.62 bits per heavy atom. The third-order valence-electron chi connectivity index (χ3n) is 1.63. The van der Waals surface area contributed by atoms with Gasteiger partial charge in [0.05, 0.1) is 23.4 Å². The molecule has 1 aromatic heterocycles. The van der Waals surface area contributed by atoms with Gasteiger partial charge in [0, 0.05) is 5.56 Å². The molecule has 1 rings (SSSR count). The lowest BCUT2D eigenvalue weighted by atomic mass is 10.2. The lowest BCUT2D eigenvalue weighted by Gasteiger charge is -2.08. The van der Waals surface area contributed by atoms with Crippen LogP contribution in [0.4, 0.5) is 5.82 Å². The number of aromatic nitrogens is 1. The molecular formula is C9H5N4O2S-. The molecule has 0 amide bonds. The monoisotopic (exact) mass is 233 g/mol. The fraction of sp³-hybridized carbons (Fsp3) is 0.111. The smallest absolute Gasteiger partial charge is 0.133 e. The average Bonchev–Trinajstić information content (AvgIpc) is 2.25. The first-order valence-electron chi connectivity index (χ1n) is 4.02. The number of carbonyl (C=O) groups excluding carboxylic acids is 1. The van der Waals surface area contributed by atoms with Crippen LogP contribution < -0.4 is 10.8 Å². The highest BCUT2D eigenvalue weighted by Crippen LogP contribution is 2.23. The summed E-state index contributed by atoms with van der Waals surface area (Å²) in [6, 6.07) is 4.75. The highest BCUT2D eigenvalue weighted by Gasteiger charge is 2.10. The fourth-order valence-corrected chi connectivity index (χ4v) is 1.59. The average molecular weight is 233 g/mol. The number of anilines is 1. The molecule has 1 aromatic rings. The highest BCUT2D eigenvalue weighted by molar-refractivity contribution is 7.99. The Morgan fingerprint density at radius 3 is 2.81 bits per heavy atom. The summed E-state index contributed by atoms with van der Waals surface area (Å²) in [4.78, 5) is 14.4. The van der Waals surface area contributed by atoms with E-state index in [0.717, 1.165) is 17.8 Å². The first kappa shape index (κ1) is 11.8. The summed E-state index contributed by atoms with van der Waals surface area (Å²) in [6.07, 6.45) is 0. The van der Waals surface area contributed by atoms with Crippen molar-refractivity contribution in [2.45, 2.75) is 5.03 Å². The maximum Gasteiger partial charge on any atom is 0.133 e. The number of hydrogen-bond donors (Lipinski definition) is 1. The van der Waals surface area contributed by atoms with E-state index in [0.29, 0.717) is 0 Å². The second-order valence-electron chi connectivity index (χ2n) is 2.62. The molecule has 0 saturated carbocycles. The minimum Gasteiger partial charge on any atom is -0.545 e. The van der Waals surface area contributed by atoms with Crippen molar-refractivity contribution >= 4 is 23.5 Å². The number of hydrogen-bond acceptors (Lipinski definition) is 7. The van der Waals surface area contributed by atoms with Crippen LogP contribution in [0.1, 0.15) is 15.9 Å². The number of rotatable bonds is 3. The topological polar surface area (TPSA) is 127 Å². The molecule has 0 aromatic carbocycles. The molecule has 0 aliphatic rings. The summed E-state index contributed by atoms with van der Waals surface area (Å²) < 4.78 is 0. The minimum absolute atomic E-state index is 0.0636. The Morgan fingerprint density at radius 2 is 2.31 bits per heavy atom. The van der Waals surface area contributed by atoms with Gasteiger partial charge in [0.1, 0.15) is 16.9 Å². The van der Waals surface area contributed by atoms with Crippen molar-refractivity contribution in [1.29, 1.82) is 10.5 Å². The Bertz CT molecular complexity index is 515. The maximum absolute atomic E-state index is 10.6. The van der Waals surface area contributed by atoms with Crippen LogP contribution in [0.5, 0.6) is 0 Å². The molecular weight excluding hydrogens is 228 g/mol. The first-order chi connectivity index (χ1) is 7.60. The summed E-state index contributed by atoms with van der Waals surface area (Å²) >= 11 is 1.02. The molecule has 0 radical (unpaired) electrons. The van der Waals surface area contributed by atoms with Crippen LogP contribution >= 0.6 is 11.8 Å². The number of carboxylic acid groups (broad SMARTS) is 1. The SMILES string of the molecule is N#CCSc1nc(N)c(C(=O)[O-])cc1C#N. The van der Waals surface area contributed by atoms with Gasteiger partial charge >= 0.3 is 0 Å². The quantitative estimate of drug-likeness (QED) is 0.698. The highest BCUT2D eigenvalue weighted by atomic mass is 32.2. The van der Waals surface area contributed by atoms with Crippen molar-refractivity contribution in [1.82, 2.24) is 4.98 Å². The number of carboxylic acids is 1. The molecule has 6 nitrogen and oxygen atoms in total. The number of aromatic carboxylic acids is 1. The first-order valence-corrected chi connectivity index (χ1v) is 5.00. The predicted molar refractivity (Wildman–Crippen MR) is 54.0 cm³/mol. The van der Waals surface area contributed by atoms with Crippen LogP contribution in [0.25, 0.3) is 0 Å². The molecule has 2 N–H and O–H groups in total. The molecule has 0 atom stereocenters. The molecule has 7 heteroatoms. The third-order valence-corrected chi connectivity index (χ3v) is 2.49. The number of thioether (sulfide) groups is 1. The van der Waals surface area contributed by atoms with Gasteiger partial charge in [0.25, 0.3) is 0 Å². The summed E-state index contributed by atoms with van der Waals surface area (Å²) in [5, 5.41) is 28.0. The van der Waals surface area contributed by atoms with Crippen LogP contribution in [0.2, 0.25) is 0 Å². The zero-order valence-electron chi connectivity index (χ0n) is 7.93. The Hall–Kier alpha value is -2.25. The number of nitrogen functional groups attached to an aromatic ring is 1. The van der Waals surface area contributed by atoms with Gasteiger partial charge in [-0.25, -0.2) is 4.98 Å². The largest absolute Gasteiger partial charge is 0.545 e. The van der Waals surface area contributed by atoms with Crippen molar-refractivity contribution in [3.05, 3.63) is 17.2 Å². The summed E-state index contributed by atoms with van der Waals surface area (Å²) in [7, 11) is 0. The van der Waals surface area contributed by atoms with Crippen molar-refractivity contribution in [3.63, 3.8) is 0 Å². The van der Waals surface area contributed by atoms with Gasteiger partial charge in [-0.2, -0.15) is 10.5 Å². The Balaban J connectivity index is 3.23. The van der Waals surface area contributed by atoms with Gasteiger partial charge in [0.15, 0.2) is 0 Å². The molecule has 0 fully saturated rings. The van der Waals surface area contributed by atoms with Crippen molar-refractivity contribution in [2.24, 2.45) is 0 Å². The lowest BCUT2D eigenvalue weighted by molar-refractivity contribution is -0.254. The third kappa shape index (κ3) is 2.41. The lowest BCUT2D eigenvalue weighted by Crippen LogP contribution is -2.24. The summed E-state index contributed by atoms with van der Waals surface area (Å²) in [5.41, 5.74) is 5.12. The van der Waals surface area contributed by atoms with E-state index in [-0.39, 0.29) is 27.7 Å². The number of nitrogens with zero attached hydrogens (tertiary/aromatic N) is 3. The van der Waals surface area contributed by atoms with Gasteiger partial charge in [0.2, 0.25) is 0 Å². The molecule has 0 aliphatic heterocycles. The Kier molecular flexibility index (Phi) is 3.70. The van der Waals surface area contributed by atoms with E-state index < -0.39 is 5.97 Å². The maximum atomic E-state index is 10.6. The van der Waals surface area contributed by atoms with E-state index in [2.05, 4.69) is 4.98 Å². The Labute approximate surface area is 95.3 Å². The molecule has 1 heterocycles. The molecule has 0 aliphatic carbocycles. The number of nitrogens with two attached hydrogens (primary N) is 1. The molecule has 0 saturated heterocycles. The summed E-state index contributed by atoms with van der Waals surface area (Å²) in [6.45, 7) is 0. The summed E-state index contributed by atoms with van der Waals surface area (Å²) in [5.74, 6) is -1.61. The second-order valence-corrected chi connectivity index (χ2v) is 3.58. The van der Waals surface area contributed by atoms with Crippen LogP contribution in [-0.4, -0.2) is 16.7 Å². The van der Waals surface area contributed by atoms with Crippen LogP contribution in [0.3, 0.4) is 0 Å². The van der Waals surface area contributed by atoms with Gasteiger partial charge < -0.3 is 15.6 Å². The predicted octanol–water partition coefficient (Wildman–Crippen LogP) is -0.485. The van der Waals surface area contributed by atoms with E-state index >= 15 is 0 Å². The molecule has 80 valence electrons.